The van der Waals surface area contributed by atoms with E-state index < -0.39 is 0 Å². The lowest BCUT2D eigenvalue weighted by molar-refractivity contribution is -0.180. The number of hydrogen-bond acceptors (Lipinski definition) is 4. The van der Waals surface area contributed by atoms with Crippen LogP contribution in [0.15, 0.2) is 0 Å². The first-order chi connectivity index (χ1) is 4.85. The average molecular weight is 149 g/mol. The summed E-state index contributed by atoms with van der Waals surface area (Å²) in [5.41, 5.74) is 5.25. The predicted octanol–water partition coefficient (Wildman–Crippen LogP) is -0.336. The molecule has 3 N–H and O–H groups in total. The molecule has 0 bridgehead atoms. The van der Waals surface area contributed by atoms with E-state index in [1.165, 1.54) is 0 Å². The molecule has 0 rings (SSSR count). The maximum Gasteiger partial charge on any atom is 0.161 e. The van der Waals surface area contributed by atoms with Crippen molar-refractivity contribution in [1.82, 2.24) is 0 Å². The second-order valence-electron chi connectivity index (χ2n) is 1.76. The van der Waals surface area contributed by atoms with Crippen molar-refractivity contribution in [3.8, 4) is 0 Å². The van der Waals surface area contributed by atoms with E-state index in [1.807, 2.05) is 6.92 Å². The molecule has 0 spiro atoms. The van der Waals surface area contributed by atoms with Gasteiger partial charge in [0.25, 0.3) is 0 Å². The van der Waals surface area contributed by atoms with Crippen LogP contribution in [-0.4, -0.2) is 31.3 Å². The third-order valence-corrected chi connectivity index (χ3v) is 1.02. The van der Waals surface area contributed by atoms with E-state index in [9.17, 15) is 0 Å². The second kappa shape index (κ2) is 6.95. The van der Waals surface area contributed by atoms with Crippen molar-refractivity contribution in [3.05, 3.63) is 0 Å². The van der Waals surface area contributed by atoms with E-state index in [1.54, 1.807) is 0 Å². The summed E-state index contributed by atoms with van der Waals surface area (Å²) in [6, 6.07) is 0. The first-order valence-corrected chi connectivity index (χ1v) is 3.39. The summed E-state index contributed by atoms with van der Waals surface area (Å²) in [5.74, 6) is 0. The quantitative estimate of drug-likeness (QED) is 0.507. The molecule has 0 amide bonds. The number of hydrogen-bond donors (Lipinski definition) is 2. The SMILES string of the molecule is CCOC(CCN)OCO. The summed E-state index contributed by atoms with van der Waals surface area (Å²) < 4.78 is 9.84. The molecule has 0 aromatic rings. The Labute approximate surface area is 60.9 Å². The highest BCUT2D eigenvalue weighted by Crippen LogP contribution is 1.97. The zero-order chi connectivity index (χ0) is 7.82. The highest BCUT2D eigenvalue weighted by Gasteiger charge is 2.04. The lowest BCUT2D eigenvalue weighted by Crippen LogP contribution is -2.21. The van der Waals surface area contributed by atoms with Crippen molar-refractivity contribution < 1.29 is 14.6 Å². The Bertz CT molecular complexity index is 55.7. The van der Waals surface area contributed by atoms with Crippen molar-refractivity contribution in [3.63, 3.8) is 0 Å². The monoisotopic (exact) mass is 149 g/mol. The average Bonchev–Trinajstić information content (AvgIpc) is 1.90. The number of nitrogens with two attached hydrogens (primary N) is 1. The van der Waals surface area contributed by atoms with Gasteiger partial charge in [0.1, 0.15) is 6.79 Å². The van der Waals surface area contributed by atoms with Gasteiger partial charge in [0.05, 0.1) is 0 Å². The van der Waals surface area contributed by atoms with Crippen LogP contribution in [0.1, 0.15) is 13.3 Å². The van der Waals surface area contributed by atoms with Gasteiger partial charge in [-0.05, 0) is 13.5 Å². The van der Waals surface area contributed by atoms with Gasteiger partial charge in [-0.2, -0.15) is 0 Å². The third-order valence-electron chi connectivity index (χ3n) is 1.02. The van der Waals surface area contributed by atoms with Crippen LogP contribution in [0.25, 0.3) is 0 Å². The van der Waals surface area contributed by atoms with Gasteiger partial charge in [-0.15, -0.1) is 0 Å². The maximum absolute atomic E-state index is 8.35. The molecule has 62 valence electrons. The molecule has 0 saturated carbocycles. The third kappa shape index (κ3) is 4.69. The van der Waals surface area contributed by atoms with Crippen LogP contribution in [0.2, 0.25) is 0 Å². The van der Waals surface area contributed by atoms with Crippen LogP contribution >= 0.6 is 0 Å². The lowest BCUT2D eigenvalue weighted by atomic mass is 10.4. The minimum atomic E-state index is -0.347. The lowest BCUT2D eigenvalue weighted by Gasteiger charge is -2.14. The van der Waals surface area contributed by atoms with Crippen molar-refractivity contribution >= 4 is 0 Å². The van der Waals surface area contributed by atoms with E-state index in [0.29, 0.717) is 19.6 Å². The van der Waals surface area contributed by atoms with Gasteiger partial charge in [0, 0.05) is 13.0 Å². The standard InChI is InChI=1S/C6H15NO3/c1-2-9-6(3-4-7)10-5-8/h6,8H,2-5,7H2,1H3. The minimum absolute atomic E-state index is 0.315. The molecule has 4 nitrogen and oxygen atoms in total. The van der Waals surface area contributed by atoms with Gasteiger partial charge >= 0.3 is 0 Å². The maximum atomic E-state index is 8.35. The summed E-state index contributed by atoms with van der Waals surface area (Å²) in [6.07, 6.45) is 0.272. The molecule has 1 unspecified atom stereocenters. The van der Waals surface area contributed by atoms with Crippen molar-refractivity contribution in [2.75, 3.05) is 19.9 Å². The zero-order valence-electron chi connectivity index (χ0n) is 6.25. The van der Waals surface area contributed by atoms with E-state index in [2.05, 4.69) is 0 Å². The summed E-state index contributed by atoms with van der Waals surface area (Å²) in [4.78, 5) is 0. The molecule has 0 radical (unpaired) electrons. The molecule has 0 aromatic heterocycles. The van der Waals surface area contributed by atoms with Gasteiger partial charge in [0.2, 0.25) is 0 Å². The van der Waals surface area contributed by atoms with E-state index >= 15 is 0 Å². The van der Waals surface area contributed by atoms with Crippen molar-refractivity contribution in [1.29, 1.82) is 0 Å². The van der Waals surface area contributed by atoms with Gasteiger partial charge in [-0.3, -0.25) is 0 Å². The highest BCUT2D eigenvalue weighted by molar-refractivity contribution is 4.43. The second-order valence-corrected chi connectivity index (χ2v) is 1.76. The smallest absolute Gasteiger partial charge is 0.161 e. The van der Waals surface area contributed by atoms with Gasteiger partial charge in [0.15, 0.2) is 6.29 Å². The van der Waals surface area contributed by atoms with Crippen LogP contribution in [0.5, 0.6) is 0 Å². The summed E-state index contributed by atoms with van der Waals surface area (Å²) in [7, 11) is 0. The van der Waals surface area contributed by atoms with Gasteiger partial charge < -0.3 is 20.3 Å². The summed E-state index contributed by atoms with van der Waals surface area (Å²) in [5, 5.41) is 8.35. The Kier molecular flexibility index (Phi) is 6.84. The molecule has 0 aliphatic rings. The first kappa shape index (κ1) is 9.84. The number of rotatable bonds is 6. The fourth-order valence-corrected chi connectivity index (χ4v) is 0.620. The Morgan fingerprint density at radius 2 is 2.20 bits per heavy atom. The molecule has 0 aromatic carbocycles. The van der Waals surface area contributed by atoms with Crippen molar-refractivity contribution in [2.45, 2.75) is 19.6 Å². The Morgan fingerprint density at radius 1 is 1.50 bits per heavy atom. The zero-order valence-corrected chi connectivity index (χ0v) is 6.25. The van der Waals surface area contributed by atoms with Crippen LogP contribution in [0.4, 0.5) is 0 Å². The molecule has 1 atom stereocenters. The molecule has 10 heavy (non-hydrogen) atoms. The summed E-state index contributed by atoms with van der Waals surface area (Å²) >= 11 is 0. The number of aliphatic hydroxyl groups is 1. The molecule has 0 heterocycles. The van der Waals surface area contributed by atoms with Crippen molar-refractivity contribution in [2.24, 2.45) is 5.73 Å². The number of ether oxygens (including phenoxy) is 2. The molecule has 0 saturated heterocycles. The molecule has 0 aliphatic heterocycles. The predicted molar refractivity (Wildman–Crippen MR) is 37.3 cm³/mol. The molecular formula is C6H15NO3. The molecule has 0 aliphatic carbocycles. The highest BCUT2D eigenvalue weighted by atomic mass is 16.7. The van der Waals surface area contributed by atoms with Crippen LogP contribution < -0.4 is 5.73 Å². The van der Waals surface area contributed by atoms with Crippen LogP contribution in [-0.2, 0) is 9.47 Å². The van der Waals surface area contributed by atoms with E-state index in [-0.39, 0.29) is 13.1 Å². The Balaban J connectivity index is 3.30. The Morgan fingerprint density at radius 3 is 2.60 bits per heavy atom. The number of aliphatic hydroxyl groups excluding tert-OH is 1. The van der Waals surface area contributed by atoms with Crippen LogP contribution in [0, 0.1) is 0 Å². The fraction of sp³-hybridized carbons (Fsp3) is 1.00. The van der Waals surface area contributed by atoms with Crippen LogP contribution in [0.3, 0.4) is 0 Å². The van der Waals surface area contributed by atoms with Gasteiger partial charge in [-0.1, -0.05) is 0 Å². The normalized spacial score (nSPS) is 13.5. The van der Waals surface area contributed by atoms with E-state index in [0.717, 1.165) is 0 Å². The van der Waals surface area contributed by atoms with E-state index in [4.69, 9.17) is 20.3 Å². The molecule has 4 heteroatoms. The largest absolute Gasteiger partial charge is 0.371 e. The summed E-state index contributed by atoms with van der Waals surface area (Å²) in [6.45, 7) is 2.63. The first-order valence-electron chi connectivity index (χ1n) is 3.39. The molecular weight excluding hydrogens is 134 g/mol. The minimum Gasteiger partial charge on any atom is -0.371 e. The molecule has 0 fully saturated rings. The fourth-order valence-electron chi connectivity index (χ4n) is 0.620. The van der Waals surface area contributed by atoms with Gasteiger partial charge in [-0.25, -0.2) is 0 Å². The Hall–Kier alpha value is -0.160. The topological polar surface area (TPSA) is 64.7 Å².